The van der Waals surface area contributed by atoms with Crippen LogP contribution >= 0.6 is 23.2 Å². The average Bonchev–Trinajstić information content (AvgIpc) is 2.74. The molecule has 1 atom stereocenters. The maximum absolute atomic E-state index is 11.7. The predicted octanol–water partition coefficient (Wildman–Crippen LogP) is 2.83. The number of rotatable bonds is 3. The summed E-state index contributed by atoms with van der Waals surface area (Å²) in [5, 5.41) is 10.1. The van der Waals surface area contributed by atoms with Crippen LogP contribution < -0.4 is 15.8 Å². The second kappa shape index (κ2) is 5.59. The number of amides is 2. The molecule has 0 saturated carbocycles. The fourth-order valence-electron chi connectivity index (χ4n) is 2.09. The normalized spacial score (nSPS) is 18.1. The molecule has 0 aliphatic carbocycles. The van der Waals surface area contributed by atoms with Crippen molar-refractivity contribution < 1.29 is 19.4 Å². The first-order chi connectivity index (χ1) is 9.71. The van der Waals surface area contributed by atoms with Crippen molar-refractivity contribution in [3.8, 4) is 0 Å². The summed E-state index contributed by atoms with van der Waals surface area (Å²) in [5.41, 5.74) is 4.01. The molecule has 2 amide bonds. The lowest BCUT2D eigenvalue weighted by Crippen LogP contribution is -2.59. The summed E-state index contributed by atoms with van der Waals surface area (Å²) in [6.07, 6.45) is -2.79. The highest BCUT2D eigenvalue weighted by Crippen LogP contribution is 2.32. The van der Waals surface area contributed by atoms with Crippen LogP contribution in [-0.2, 0) is 4.74 Å². The molecule has 3 N–H and O–H groups in total. The number of halogens is 2. The molecule has 9 heteroatoms. The van der Waals surface area contributed by atoms with E-state index in [4.69, 9.17) is 27.9 Å². The van der Waals surface area contributed by atoms with Gasteiger partial charge in [0.2, 0.25) is 0 Å². The lowest BCUT2D eigenvalue weighted by Gasteiger charge is -2.39. The van der Waals surface area contributed by atoms with Crippen LogP contribution in [0.15, 0.2) is 18.2 Å². The van der Waals surface area contributed by atoms with Crippen molar-refractivity contribution in [3.05, 3.63) is 28.2 Å². The number of benzene rings is 1. The Balaban J connectivity index is 2.42. The Labute approximate surface area is 130 Å². The highest BCUT2D eigenvalue weighted by atomic mass is 35.5. The van der Waals surface area contributed by atoms with Gasteiger partial charge in [0.05, 0.1) is 11.2 Å². The van der Waals surface area contributed by atoms with Gasteiger partial charge in [-0.3, -0.25) is 10.3 Å². The third-order valence-electron chi connectivity index (χ3n) is 3.04. The molecule has 114 valence electrons. The SMILES string of the molecule is CC(C)(C1NNC(=O)O1)N(C(=O)O)c1cc(Cl)cc(Cl)c1. The number of carbonyl (C=O) groups excluding carboxylic acids is 1. The molecule has 7 nitrogen and oxygen atoms in total. The topological polar surface area (TPSA) is 90.9 Å². The molecule has 1 fully saturated rings. The molecule has 0 spiro atoms. The van der Waals surface area contributed by atoms with E-state index in [-0.39, 0.29) is 5.69 Å². The van der Waals surface area contributed by atoms with Crippen LogP contribution in [0.25, 0.3) is 0 Å². The van der Waals surface area contributed by atoms with Crippen LogP contribution in [0.4, 0.5) is 15.3 Å². The second-order valence-electron chi connectivity index (χ2n) is 4.95. The Kier molecular flexibility index (Phi) is 4.18. The van der Waals surface area contributed by atoms with Gasteiger partial charge < -0.3 is 9.84 Å². The second-order valence-corrected chi connectivity index (χ2v) is 5.83. The van der Waals surface area contributed by atoms with Crippen LogP contribution in [0.3, 0.4) is 0 Å². The molecule has 0 radical (unpaired) electrons. The Hall–Kier alpha value is -1.70. The molecule has 1 saturated heterocycles. The zero-order valence-electron chi connectivity index (χ0n) is 11.2. The van der Waals surface area contributed by atoms with E-state index >= 15 is 0 Å². The van der Waals surface area contributed by atoms with Gasteiger partial charge in [0, 0.05) is 10.0 Å². The molecule has 1 unspecified atom stereocenters. The molecule has 1 heterocycles. The van der Waals surface area contributed by atoms with Crippen molar-refractivity contribution in [3.63, 3.8) is 0 Å². The quantitative estimate of drug-likeness (QED) is 0.791. The van der Waals surface area contributed by atoms with Crippen molar-refractivity contribution in [2.75, 3.05) is 4.90 Å². The summed E-state index contributed by atoms with van der Waals surface area (Å²) in [6.45, 7) is 3.21. The summed E-state index contributed by atoms with van der Waals surface area (Å²) < 4.78 is 5.01. The molecule has 2 rings (SSSR count). The minimum absolute atomic E-state index is 0.273. The van der Waals surface area contributed by atoms with E-state index in [0.717, 1.165) is 4.90 Å². The Bertz CT molecular complexity index is 574. The molecular formula is C12H13Cl2N3O4. The lowest BCUT2D eigenvalue weighted by molar-refractivity contribution is 0.0783. The zero-order chi connectivity index (χ0) is 15.8. The smallest absolute Gasteiger partial charge is 0.423 e. The number of hydrazine groups is 1. The Morgan fingerprint density at radius 3 is 2.33 bits per heavy atom. The molecule has 1 aromatic carbocycles. The van der Waals surface area contributed by atoms with E-state index in [9.17, 15) is 14.7 Å². The number of nitrogens with one attached hydrogen (secondary N) is 2. The van der Waals surface area contributed by atoms with Crippen molar-refractivity contribution in [1.29, 1.82) is 0 Å². The van der Waals surface area contributed by atoms with Gasteiger partial charge in [-0.15, -0.1) is 0 Å². The van der Waals surface area contributed by atoms with Crippen molar-refractivity contribution in [1.82, 2.24) is 10.9 Å². The van der Waals surface area contributed by atoms with Gasteiger partial charge in [0.25, 0.3) is 0 Å². The van der Waals surface area contributed by atoms with E-state index in [1.54, 1.807) is 13.8 Å². The van der Waals surface area contributed by atoms with Crippen LogP contribution in [0.2, 0.25) is 10.0 Å². The van der Waals surface area contributed by atoms with E-state index in [1.165, 1.54) is 18.2 Å². The highest BCUT2D eigenvalue weighted by Gasteiger charge is 2.44. The minimum Gasteiger partial charge on any atom is -0.465 e. The van der Waals surface area contributed by atoms with Gasteiger partial charge in [-0.2, -0.15) is 5.43 Å². The summed E-state index contributed by atoms with van der Waals surface area (Å²) in [7, 11) is 0. The average molecular weight is 334 g/mol. The van der Waals surface area contributed by atoms with Gasteiger partial charge in [0.15, 0.2) is 6.23 Å². The summed E-state index contributed by atoms with van der Waals surface area (Å²) >= 11 is 11.8. The van der Waals surface area contributed by atoms with Crippen LogP contribution in [0, 0.1) is 0 Å². The predicted molar refractivity (Wildman–Crippen MR) is 77.6 cm³/mol. The van der Waals surface area contributed by atoms with Crippen LogP contribution in [0.5, 0.6) is 0 Å². The third-order valence-corrected chi connectivity index (χ3v) is 3.48. The number of nitrogens with zero attached hydrogens (tertiary/aromatic N) is 1. The largest absolute Gasteiger partial charge is 0.465 e. The van der Waals surface area contributed by atoms with Crippen molar-refractivity contribution in [2.45, 2.75) is 25.6 Å². The molecule has 0 aromatic heterocycles. The van der Waals surface area contributed by atoms with E-state index < -0.39 is 24.0 Å². The highest BCUT2D eigenvalue weighted by molar-refractivity contribution is 6.35. The molecule has 21 heavy (non-hydrogen) atoms. The number of anilines is 1. The number of cyclic esters (lactones) is 1. The Morgan fingerprint density at radius 1 is 1.33 bits per heavy atom. The lowest BCUT2D eigenvalue weighted by atomic mass is 10.00. The summed E-state index contributed by atoms with van der Waals surface area (Å²) in [5.74, 6) is 0. The van der Waals surface area contributed by atoms with Crippen LogP contribution in [-0.4, -0.2) is 29.1 Å². The van der Waals surface area contributed by atoms with Gasteiger partial charge >= 0.3 is 12.2 Å². The van der Waals surface area contributed by atoms with Gasteiger partial charge in [-0.1, -0.05) is 23.2 Å². The number of hydrogen-bond acceptors (Lipinski definition) is 4. The number of carboxylic acid groups (broad SMARTS) is 1. The molecular weight excluding hydrogens is 321 g/mol. The first-order valence-corrected chi connectivity index (χ1v) is 6.69. The van der Waals surface area contributed by atoms with E-state index in [2.05, 4.69) is 10.9 Å². The first kappa shape index (κ1) is 15.7. The van der Waals surface area contributed by atoms with Crippen molar-refractivity contribution in [2.24, 2.45) is 0 Å². The summed E-state index contributed by atoms with van der Waals surface area (Å²) in [4.78, 5) is 23.8. The zero-order valence-corrected chi connectivity index (χ0v) is 12.7. The maximum Gasteiger partial charge on any atom is 0.423 e. The van der Waals surface area contributed by atoms with Crippen LogP contribution in [0.1, 0.15) is 13.8 Å². The number of carbonyl (C=O) groups is 2. The molecule has 1 aliphatic rings. The minimum atomic E-state index is -1.23. The molecule has 1 aromatic rings. The molecule has 1 aliphatic heterocycles. The third kappa shape index (κ3) is 3.15. The van der Waals surface area contributed by atoms with E-state index in [0.29, 0.717) is 10.0 Å². The molecule has 0 bridgehead atoms. The number of hydrogen-bond donors (Lipinski definition) is 3. The maximum atomic E-state index is 11.7. The fourth-order valence-corrected chi connectivity index (χ4v) is 2.60. The van der Waals surface area contributed by atoms with Gasteiger partial charge in [-0.25, -0.2) is 9.59 Å². The van der Waals surface area contributed by atoms with Gasteiger partial charge in [-0.05, 0) is 32.0 Å². The monoisotopic (exact) mass is 333 g/mol. The van der Waals surface area contributed by atoms with Gasteiger partial charge in [0.1, 0.15) is 0 Å². The van der Waals surface area contributed by atoms with E-state index in [1.807, 2.05) is 0 Å². The summed E-state index contributed by atoms with van der Waals surface area (Å²) in [6, 6.07) is 4.43. The first-order valence-electron chi connectivity index (χ1n) is 5.93. The Morgan fingerprint density at radius 2 is 1.90 bits per heavy atom. The number of ether oxygens (including phenoxy) is 1. The fraction of sp³-hybridized carbons (Fsp3) is 0.333. The van der Waals surface area contributed by atoms with Crippen molar-refractivity contribution >= 4 is 41.1 Å². The standard InChI is InChI=1S/C12H13Cl2N3O4/c1-12(2,9-15-16-10(18)21-9)17(11(19)20)8-4-6(13)3-7(14)5-8/h3-5,9,15H,1-2H3,(H,16,18)(H,19,20).